The summed E-state index contributed by atoms with van der Waals surface area (Å²) in [7, 11) is 0. The fourth-order valence-corrected chi connectivity index (χ4v) is 3.44. The van der Waals surface area contributed by atoms with Crippen LogP contribution in [0.1, 0.15) is 32.9 Å². The number of nitrogen functional groups attached to an aromatic ring is 1. The van der Waals surface area contributed by atoms with Gasteiger partial charge in [0.25, 0.3) is 5.91 Å². The van der Waals surface area contributed by atoms with Gasteiger partial charge < -0.3 is 16.4 Å². The SMILES string of the molecule is Cc1cnc(CN(C(=O)Nc2cc(NC(=O)c3cccc(CF)c3)ccc2C)c2cc(N)ncn2)cn1. The Morgan fingerprint density at radius 3 is 2.54 bits per heavy atom. The topological polar surface area (TPSA) is 139 Å². The second-order valence-electron chi connectivity index (χ2n) is 8.28. The summed E-state index contributed by atoms with van der Waals surface area (Å²) in [5.74, 6) is 0.0882. The van der Waals surface area contributed by atoms with E-state index in [1.807, 2.05) is 13.8 Å². The molecule has 0 aliphatic rings. The number of benzene rings is 2. The van der Waals surface area contributed by atoms with Crippen LogP contribution in [0.3, 0.4) is 0 Å². The lowest BCUT2D eigenvalue weighted by Gasteiger charge is -2.22. The van der Waals surface area contributed by atoms with Gasteiger partial charge in [-0.2, -0.15) is 0 Å². The number of amides is 3. The minimum atomic E-state index is -0.662. The smallest absolute Gasteiger partial charge is 0.327 e. The van der Waals surface area contributed by atoms with Crippen molar-refractivity contribution in [3.8, 4) is 0 Å². The van der Waals surface area contributed by atoms with Gasteiger partial charge >= 0.3 is 6.03 Å². The summed E-state index contributed by atoms with van der Waals surface area (Å²) in [6.45, 7) is 3.06. The number of nitrogens with two attached hydrogens (primary N) is 1. The summed E-state index contributed by atoms with van der Waals surface area (Å²) in [5.41, 5.74) is 9.55. The van der Waals surface area contributed by atoms with Gasteiger partial charge in [0.2, 0.25) is 0 Å². The number of aryl methyl sites for hydroxylation is 2. The van der Waals surface area contributed by atoms with E-state index in [-0.39, 0.29) is 18.2 Å². The van der Waals surface area contributed by atoms with Crippen molar-refractivity contribution in [1.29, 1.82) is 0 Å². The van der Waals surface area contributed by atoms with Crippen LogP contribution in [-0.4, -0.2) is 31.9 Å². The van der Waals surface area contributed by atoms with Crippen LogP contribution in [0.5, 0.6) is 0 Å². The Hall–Kier alpha value is -4.93. The number of anilines is 4. The summed E-state index contributed by atoms with van der Waals surface area (Å²) in [5, 5.41) is 5.65. The number of nitrogens with one attached hydrogen (secondary N) is 2. The largest absolute Gasteiger partial charge is 0.384 e. The highest BCUT2D eigenvalue weighted by Crippen LogP contribution is 2.23. The second kappa shape index (κ2) is 11.2. The number of alkyl halides is 1. The van der Waals surface area contributed by atoms with Crippen molar-refractivity contribution in [2.75, 3.05) is 21.3 Å². The van der Waals surface area contributed by atoms with Crippen molar-refractivity contribution in [2.45, 2.75) is 27.1 Å². The Morgan fingerprint density at radius 2 is 1.81 bits per heavy atom. The first kappa shape index (κ1) is 25.2. The minimum Gasteiger partial charge on any atom is -0.384 e. The molecule has 0 bridgehead atoms. The van der Waals surface area contributed by atoms with Crippen LogP contribution in [0.15, 0.2) is 67.3 Å². The van der Waals surface area contributed by atoms with Crippen LogP contribution >= 0.6 is 0 Å². The number of rotatable bonds is 7. The van der Waals surface area contributed by atoms with E-state index in [4.69, 9.17) is 5.73 Å². The van der Waals surface area contributed by atoms with Crippen LogP contribution in [0.25, 0.3) is 0 Å². The molecule has 0 atom stereocenters. The van der Waals surface area contributed by atoms with E-state index >= 15 is 0 Å². The highest BCUT2D eigenvalue weighted by atomic mass is 19.1. The first-order chi connectivity index (χ1) is 17.8. The van der Waals surface area contributed by atoms with Crippen molar-refractivity contribution >= 4 is 34.9 Å². The first-order valence-corrected chi connectivity index (χ1v) is 11.3. The predicted molar refractivity (Wildman–Crippen MR) is 139 cm³/mol. The van der Waals surface area contributed by atoms with Gasteiger partial charge in [-0.3, -0.25) is 19.7 Å². The van der Waals surface area contributed by atoms with Gasteiger partial charge in [0.1, 0.15) is 24.6 Å². The van der Waals surface area contributed by atoms with Gasteiger partial charge in [-0.15, -0.1) is 0 Å². The minimum absolute atomic E-state index is 0.0793. The average Bonchev–Trinajstić information content (AvgIpc) is 2.90. The predicted octanol–water partition coefficient (Wildman–Crippen LogP) is 4.43. The van der Waals surface area contributed by atoms with Crippen LogP contribution in [-0.2, 0) is 13.2 Å². The Labute approximate surface area is 212 Å². The number of halogens is 1. The summed E-state index contributed by atoms with van der Waals surface area (Å²) in [6.07, 6.45) is 4.46. The molecule has 0 aliphatic carbocycles. The van der Waals surface area contributed by atoms with Gasteiger partial charge in [0, 0.05) is 29.2 Å². The zero-order valence-corrected chi connectivity index (χ0v) is 20.3. The van der Waals surface area contributed by atoms with E-state index in [0.29, 0.717) is 28.2 Å². The molecule has 4 aromatic rings. The van der Waals surface area contributed by atoms with Crippen molar-refractivity contribution in [3.05, 3.63) is 95.3 Å². The highest BCUT2D eigenvalue weighted by molar-refractivity contribution is 6.05. The molecule has 11 heteroatoms. The molecule has 2 aromatic heterocycles. The molecule has 2 heterocycles. The van der Waals surface area contributed by atoms with Crippen LogP contribution in [0, 0.1) is 13.8 Å². The summed E-state index contributed by atoms with van der Waals surface area (Å²) in [6, 6.07) is 12.4. The van der Waals surface area contributed by atoms with Gasteiger partial charge in [0.15, 0.2) is 0 Å². The standard InChI is InChI=1S/C26H25FN8O2/c1-16-6-7-20(33-25(36)19-5-3-4-18(8-19)11-27)9-22(16)34-26(37)35(24-10-23(28)31-15-32-24)14-21-13-29-17(2)12-30-21/h3-10,12-13,15H,11,14H2,1-2H3,(H,33,36)(H,34,37)(H2,28,31,32). The maximum absolute atomic E-state index is 13.4. The van der Waals surface area contributed by atoms with Crippen molar-refractivity contribution < 1.29 is 14.0 Å². The summed E-state index contributed by atoms with van der Waals surface area (Å²) >= 11 is 0. The van der Waals surface area contributed by atoms with E-state index in [1.54, 1.807) is 48.8 Å². The zero-order valence-electron chi connectivity index (χ0n) is 20.3. The molecular weight excluding hydrogens is 475 g/mol. The number of hydrogen-bond acceptors (Lipinski definition) is 7. The molecule has 0 saturated heterocycles. The Kier molecular flexibility index (Phi) is 7.62. The quantitative estimate of drug-likeness (QED) is 0.341. The Bertz CT molecular complexity index is 1430. The molecule has 4 rings (SSSR count). The highest BCUT2D eigenvalue weighted by Gasteiger charge is 2.20. The fraction of sp³-hybridized carbons (Fsp3) is 0.154. The number of nitrogens with zero attached hydrogens (tertiary/aromatic N) is 5. The number of carbonyl (C=O) groups excluding carboxylic acids is 2. The van der Waals surface area contributed by atoms with Crippen LogP contribution in [0.2, 0.25) is 0 Å². The van der Waals surface area contributed by atoms with Crippen molar-refractivity contribution in [2.24, 2.45) is 0 Å². The van der Waals surface area contributed by atoms with Gasteiger partial charge in [-0.1, -0.05) is 18.2 Å². The van der Waals surface area contributed by atoms with E-state index < -0.39 is 18.6 Å². The maximum atomic E-state index is 13.4. The van der Waals surface area contributed by atoms with E-state index in [0.717, 1.165) is 11.3 Å². The van der Waals surface area contributed by atoms with Crippen LogP contribution in [0.4, 0.5) is 32.2 Å². The Balaban J connectivity index is 1.56. The van der Waals surface area contributed by atoms with E-state index in [9.17, 15) is 14.0 Å². The number of aromatic nitrogens is 4. The molecule has 37 heavy (non-hydrogen) atoms. The van der Waals surface area contributed by atoms with E-state index in [1.165, 1.54) is 23.4 Å². The Morgan fingerprint density at radius 1 is 0.973 bits per heavy atom. The van der Waals surface area contributed by atoms with Gasteiger partial charge in [-0.05, 0) is 49.2 Å². The molecule has 10 nitrogen and oxygen atoms in total. The molecule has 0 spiro atoms. The van der Waals surface area contributed by atoms with Gasteiger partial charge in [-0.25, -0.2) is 19.2 Å². The molecule has 0 saturated carbocycles. The molecule has 0 radical (unpaired) electrons. The molecule has 2 aromatic carbocycles. The number of urea groups is 1. The van der Waals surface area contributed by atoms with Crippen molar-refractivity contribution in [3.63, 3.8) is 0 Å². The summed E-state index contributed by atoms with van der Waals surface area (Å²) in [4.78, 5) is 44.1. The lowest BCUT2D eigenvalue weighted by atomic mass is 10.1. The monoisotopic (exact) mass is 500 g/mol. The fourth-order valence-electron chi connectivity index (χ4n) is 3.44. The lowest BCUT2D eigenvalue weighted by Crippen LogP contribution is -2.35. The zero-order chi connectivity index (χ0) is 26.4. The second-order valence-corrected chi connectivity index (χ2v) is 8.28. The number of hydrogen-bond donors (Lipinski definition) is 3. The lowest BCUT2D eigenvalue weighted by molar-refractivity contribution is 0.102. The molecule has 4 N–H and O–H groups in total. The third-order valence-corrected chi connectivity index (χ3v) is 5.43. The summed E-state index contributed by atoms with van der Waals surface area (Å²) < 4.78 is 13.0. The molecule has 0 aliphatic heterocycles. The third kappa shape index (κ3) is 6.40. The molecular formula is C26H25FN8O2. The molecule has 0 unspecified atom stereocenters. The van der Waals surface area contributed by atoms with Crippen molar-refractivity contribution in [1.82, 2.24) is 19.9 Å². The maximum Gasteiger partial charge on any atom is 0.327 e. The number of carbonyl (C=O) groups is 2. The molecule has 188 valence electrons. The van der Waals surface area contributed by atoms with E-state index in [2.05, 4.69) is 30.6 Å². The first-order valence-electron chi connectivity index (χ1n) is 11.3. The third-order valence-electron chi connectivity index (χ3n) is 5.43. The molecule has 0 fully saturated rings. The van der Waals surface area contributed by atoms with Gasteiger partial charge in [0.05, 0.1) is 24.1 Å². The molecule has 3 amide bonds. The normalized spacial score (nSPS) is 10.6. The average molecular weight is 501 g/mol. The van der Waals surface area contributed by atoms with Crippen LogP contribution < -0.4 is 21.3 Å².